The molecule has 0 aromatic rings. The summed E-state index contributed by atoms with van der Waals surface area (Å²) in [4.78, 5) is 0. The molecule has 0 N–H and O–H groups in total. The number of hydrogen-bond acceptors (Lipinski definition) is 0. The third-order valence-electron chi connectivity index (χ3n) is 1.56. The van der Waals surface area contributed by atoms with Gasteiger partial charge in [-0.05, 0) is 6.42 Å². The number of quaternary nitrogens is 1. The van der Waals surface area contributed by atoms with Crippen LogP contribution in [-0.4, -0.2) is 32.2 Å². The van der Waals surface area contributed by atoms with Crippen molar-refractivity contribution in [2.75, 3.05) is 27.7 Å². The summed E-state index contributed by atoms with van der Waals surface area (Å²) in [5, 5.41) is 0. The molecule has 1 atom stereocenters. The first kappa shape index (κ1) is 8.96. The summed E-state index contributed by atoms with van der Waals surface area (Å²) >= 11 is 0. The Balaban J connectivity index is 3.47. The summed E-state index contributed by atoms with van der Waals surface area (Å²) in [6, 6.07) is 0. The fourth-order valence-corrected chi connectivity index (χ4v) is 1.06. The van der Waals surface area contributed by atoms with Gasteiger partial charge in [0.25, 0.3) is 0 Å². The molecule has 0 bridgehead atoms. The van der Waals surface area contributed by atoms with E-state index in [1.54, 1.807) is 0 Å². The Kier molecular flexibility index (Phi) is 3.20. The van der Waals surface area contributed by atoms with Gasteiger partial charge in [-0.15, -0.1) is 0 Å². The van der Waals surface area contributed by atoms with Crippen LogP contribution in [0.2, 0.25) is 0 Å². The van der Waals surface area contributed by atoms with E-state index in [2.05, 4.69) is 35.0 Å². The van der Waals surface area contributed by atoms with Crippen molar-refractivity contribution < 1.29 is 4.48 Å². The second-order valence-electron chi connectivity index (χ2n) is 3.99. The van der Waals surface area contributed by atoms with Crippen molar-refractivity contribution in [2.24, 2.45) is 5.92 Å². The van der Waals surface area contributed by atoms with Gasteiger partial charge in [-0.25, -0.2) is 0 Å². The average Bonchev–Trinajstić information content (AvgIpc) is 1.62. The van der Waals surface area contributed by atoms with Crippen molar-refractivity contribution in [2.45, 2.75) is 20.3 Å². The molecule has 0 rings (SSSR count). The lowest BCUT2D eigenvalue weighted by atomic mass is 10.1. The van der Waals surface area contributed by atoms with Crippen molar-refractivity contribution in [3.8, 4) is 0 Å². The zero-order valence-electron chi connectivity index (χ0n) is 7.44. The average molecular weight is 130 g/mol. The molecule has 0 unspecified atom stereocenters. The van der Waals surface area contributed by atoms with Gasteiger partial charge in [0.1, 0.15) is 0 Å². The van der Waals surface area contributed by atoms with E-state index in [1.807, 2.05) is 0 Å². The summed E-state index contributed by atoms with van der Waals surface area (Å²) in [5.41, 5.74) is 0. The third kappa shape index (κ3) is 5.84. The van der Waals surface area contributed by atoms with Crippen LogP contribution in [0.25, 0.3) is 0 Å². The molecule has 0 aliphatic carbocycles. The fraction of sp³-hybridized carbons (Fsp3) is 1.00. The van der Waals surface area contributed by atoms with Crippen LogP contribution in [0.3, 0.4) is 0 Å². The standard InChI is InChI=1S/C8H20N/c1-6-8(2)7-9(3,4)5/h8H,6-7H2,1-5H3/q+1/t8-/m0/s1. The highest BCUT2D eigenvalue weighted by Crippen LogP contribution is 2.04. The van der Waals surface area contributed by atoms with Crippen molar-refractivity contribution in [3.63, 3.8) is 0 Å². The third-order valence-corrected chi connectivity index (χ3v) is 1.56. The van der Waals surface area contributed by atoms with E-state index < -0.39 is 0 Å². The highest BCUT2D eigenvalue weighted by molar-refractivity contribution is 4.44. The lowest BCUT2D eigenvalue weighted by Crippen LogP contribution is -2.38. The lowest BCUT2D eigenvalue weighted by molar-refractivity contribution is -0.873. The van der Waals surface area contributed by atoms with Crippen LogP contribution in [0.1, 0.15) is 20.3 Å². The zero-order chi connectivity index (χ0) is 7.49. The van der Waals surface area contributed by atoms with Gasteiger partial charge in [-0.1, -0.05) is 13.8 Å². The van der Waals surface area contributed by atoms with Crippen molar-refractivity contribution in [3.05, 3.63) is 0 Å². The maximum absolute atomic E-state index is 2.31. The summed E-state index contributed by atoms with van der Waals surface area (Å²) in [6.45, 7) is 5.85. The largest absolute Gasteiger partial charge is 0.331 e. The highest BCUT2D eigenvalue weighted by Gasteiger charge is 2.10. The van der Waals surface area contributed by atoms with Crippen LogP contribution in [-0.2, 0) is 0 Å². The van der Waals surface area contributed by atoms with Crippen molar-refractivity contribution in [1.29, 1.82) is 0 Å². The van der Waals surface area contributed by atoms with Gasteiger partial charge in [-0.2, -0.15) is 0 Å². The molecule has 0 saturated heterocycles. The number of hydrogen-bond donors (Lipinski definition) is 0. The SMILES string of the molecule is CC[C@H](C)C[N+](C)(C)C. The molecule has 0 aromatic carbocycles. The quantitative estimate of drug-likeness (QED) is 0.510. The van der Waals surface area contributed by atoms with Crippen LogP contribution in [0.5, 0.6) is 0 Å². The molecule has 9 heavy (non-hydrogen) atoms. The first-order chi connectivity index (χ1) is 3.95. The minimum Gasteiger partial charge on any atom is -0.331 e. The van der Waals surface area contributed by atoms with Crippen LogP contribution in [0.4, 0.5) is 0 Å². The Morgan fingerprint density at radius 3 is 1.78 bits per heavy atom. The van der Waals surface area contributed by atoms with E-state index in [-0.39, 0.29) is 0 Å². The Bertz CT molecular complexity index is 71.1. The second kappa shape index (κ2) is 3.21. The second-order valence-corrected chi connectivity index (χ2v) is 3.99. The van der Waals surface area contributed by atoms with E-state index in [0.717, 1.165) is 10.4 Å². The number of nitrogens with zero attached hydrogens (tertiary/aromatic N) is 1. The minimum absolute atomic E-state index is 0.866. The predicted octanol–water partition coefficient (Wildman–Crippen LogP) is 1.74. The van der Waals surface area contributed by atoms with E-state index in [4.69, 9.17) is 0 Å². The molecular formula is C8H20N+. The monoisotopic (exact) mass is 130 g/mol. The normalized spacial score (nSPS) is 15.7. The molecule has 1 heteroatoms. The van der Waals surface area contributed by atoms with Gasteiger partial charge in [0, 0.05) is 5.92 Å². The lowest BCUT2D eigenvalue weighted by Gasteiger charge is -2.26. The smallest absolute Gasteiger partial charge is 0.0806 e. The molecule has 0 aliphatic rings. The van der Waals surface area contributed by atoms with Crippen molar-refractivity contribution >= 4 is 0 Å². The Morgan fingerprint density at radius 1 is 1.22 bits per heavy atom. The topological polar surface area (TPSA) is 0 Å². The summed E-state index contributed by atoms with van der Waals surface area (Å²) in [6.07, 6.45) is 1.30. The molecular weight excluding hydrogens is 110 g/mol. The van der Waals surface area contributed by atoms with Crippen LogP contribution in [0.15, 0.2) is 0 Å². The van der Waals surface area contributed by atoms with Gasteiger partial charge in [-0.3, -0.25) is 0 Å². The van der Waals surface area contributed by atoms with Crippen molar-refractivity contribution in [1.82, 2.24) is 0 Å². The van der Waals surface area contributed by atoms with Gasteiger partial charge in [0.15, 0.2) is 0 Å². The summed E-state index contributed by atoms with van der Waals surface area (Å²) in [5.74, 6) is 0.866. The van der Waals surface area contributed by atoms with Gasteiger partial charge in [0.2, 0.25) is 0 Å². The van der Waals surface area contributed by atoms with Crippen LogP contribution in [0, 0.1) is 5.92 Å². The Hall–Kier alpha value is -0.0400. The molecule has 0 heterocycles. The number of rotatable bonds is 3. The molecule has 0 saturated carbocycles. The molecule has 0 amide bonds. The molecule has 0 spiro atoms. The molecule has 0 aromatic heterocycles. The van der Waals surface area contributed by atoms with E-state index in [9.17, 15) is 0 Å². The van der Waals surface area contributed by atoms with E-state index >= 15 is 0 Å². The van der Waals surface area contributed by atoms with Gasteiger partial charge >= 0.3 is 0 Å². The predicted molar refractivity (Wildman–Crippen MR) is 42.4 cm³/mol. The molecule has 56 valence electrons. The molecule has 0 aliphatic heterocycles. The van der Waals surface area contributed by atoms with Gasteiger partial charge < -0.3 is 4.48 Å². The highest BCUT2D eigenvalue weighted by atomic mass is 15.3. The zero-order valence-corrected chi connectivity index (χ0v) is 7.44. The fourth-order valence-electron chi connectivity index (χ4n) is 1.06. The van der Waals surface area contributed by atoms with Crippen LogP contribution >= 0.6 is 0 Å². The van der Waals surface area contributed by atoms with Crippen LogP contribution < -0.4 is 0 Å². The summed E-state index contributed by atoms with van der Waals surface area (Å²) in [7, 11) is 6.73. The maximum atomic E-state index is 2.31. The maximum Gasteiger partial charge on any atom is 0.0806 e. The van der Waals surface area contributed by atoms with Gasteiger partial charge in [0.05, 0.1) is 27.7 Å². The molecule has 1 nitrogen and oxygen atoms in total. The first-order valence-corrected chi connectivity index (χ1v) is 3.76. The Morgan fingerprint density at radius 2 is 1.67 bits per heavy atom. The molecule has 0 fully saturated rings. The van der Waals surface area contributed by atoms with E-state index in [0.29, 0.717) is 0 Å². The Labute approximate surface area is 59.3 Å². The first-order valence-electron chi connectivity index (χ1n) is 3.76. The molecule has 0 radical (unpaired) electrons. The van der Waals surface area contributed by atoms with E-state index in [1.165, 1.54) is 13.0 Å². The minimum atomic E-state index is 0.866. The summed E-state index contributed by atoms with van der Waals surface area (Å²) < 4.78 is 1.09.